The van der Waals surface area contributed by atoms with E-state index in [2.05, 4.69) is 0 Å². The summed E-state index contributed by atoms with van der Waals surface area (Å²) in [6.07, 6.45) is 2.41. The van der Waals surface area contributed by atoms with Crippen molar-refractivity contribution in [3.63, 3.8) is 0 Å². The number of amides is 1. The standard InChI is InChI=1S/C11H19NO5/c1-15-7-12-9(5-3-4-6-13)10(11(12)14)17-8-16-2/h6,9-10H,3-5,7-8H2,1-2H3/t9?,10-/m1/s1. The highest BCUT2D eigenvalue weighted by molar-refractivity contribution is 5.88. The number of aldehydes is 1. The second-order valence-electron chi connectivity index (χ2n) is 3.88. The minimum Gasteiger partial charge on any atom is -0.364 e. The number of nitrogens with zero attached hydrogens (tertiary/aromatic N) is 1. The van der Waals surface area contributed by atoms with Crippen LogP contribution in [0.3, 0.4) is 0 Å². The van der Waals surface area contributed by atoms with Gasteiger partial charge in [-0.3, -0.25) is 4.79 Å². The van der Waals surface area contributed by atoms with Crippen molar-refractivity contribution in [2.75, 3.05) is 27.7 Å². The summed E-state index contributed by atoms with van der Waals surface area (Å²) in [5, 5.41) is 0. The molecule has 0 N–H and O–H groups in total. The van der Waals surface area contributed by atoms with Crippen LogP contribution in [0.25, 0.3) is 0 Å². The van der Waals surface area contributed by atoms with E-state index in [0.717, 1.165) is 19.1 Å². The van der Waals surface area contributed by atoms with Crippen molar-refractivity contribution in [1.82, 2.24) is 4.90 Å². The van der Waals surface area contributed by atoms with Crippen LogP contribution in [0.15, 0.2) is 0 Å². The van der Waals surface area contributed by atoms with Crippen LogP contribution < -0.4 is 0 Å². The van der Waals surface area contributed by atoms with Crippen LogP contribution in [0.1, 0.15) is 19.3 Å². The summed E-state index contributed by atoms with van der Waals surface area (Å²) in [4.78, 5) is 23.6. The molecule has 0 radical (unpaired) electrons. The molecule has 2 atom stereocenters. The second-order valence-corrected chi connectivity index (χ2v) is 3.88. The minimum absolute atomic E-state index is 0.0162. The zero-order valence-electron chi connectivity index (χ0n) is 10.3. The Morgan fingerprint density at radius 1 is 1.35 bits per heavy atom. The highest BCUT2D eigenvalue weighted by Gasteiger charge is 2.47. The molecule has 98 valence electrons. The third-order valence-corrected chi connectivity index (χ3v) is 2.73. The number of hydrogen-bond acceptors (Lipinski definition) is 5. The van der Waals surface area contributed by atoms with Gasteiger partial charge in [-0.05, 0) is 12.8 Å². The van der Waals surface area contributed by atoms with Crippen molar-refractivity contribution in [2.24, 2.45) is 0 Å². The first-order valence-corrected chi connectivity index (χ1v) is 5.59. The number of hydrogen-bond donors (Lipinski definition) is 0. The topological polar surface area (TPSA) is 65.1 Å². The van der Waals surface area contributed by atoms with Crippen LogP contribution in [0, 0.1) is 0 Å². The van der Waals surface area contributed by atoms with Gasteiger partial charge in [0, 0.05) is 20.6 Å². The average Bonchev–Trinajstić information content (AvgIpc) is 2.34. The Bertz CT molecular complexity index is 258. The van der Waals surface area contributed by atoms with Crippen molar-refractivity contribution in [2.45, 2.75) is 31.4 Å². The summed E-state index contributed by atoms with van der Waals surface area (Å²) in [6.45, 7) is 0.360. The average molecular weight is 245 g/mol. The first kappa shape index (κ1) is 14.1. The molecule has 1 amide bonds. The molecule has 0 aliphatic carbocycles. The molecule has 0 aromatic heterocycles. The SMILES string of the molecule is COCO[C@H]1C(=O)N(COC)C1CCCC=O. The molecule has 6 heteroatoms. The predicted octanol–water partition coefficient (Wildman–Crippen LogP) is 0.159. The zero-order chi connectivity index (χ0) is 12.7. The largest absolute Gasteiger partial charge is 0.364 e. The molecule has 1 heterocycles. The van der Waals surface area contributed by atoms with Crippen LogP contribution in [-0.4, -0.2) is 57.0 Å². The highest BCUT2D eigenvalue weighted by atomic mass is 16.7. The number of β-lactam (4-membered cyclic amide) rings is 1. The van der Waals surface area contributed by atoms with E-state index in [1.165, 1.54) is 7.11 Å². The van der Waals surface area contributed by atoms with E-state index in [-0.39, 0.29) is 25.5 Å². The molecule has 1 saturated heterocycles. The highest BCUT2D eigenvalue weighted by Crippen LogP contribution is 2.27. The lowest BCUT2D eigenvalue weighted by Crippen LogP contribution is -2.66. The van der Waals surface area contributed by atoms with Gasteiger partial charge in [0.15, 0.2) is 6.10 Å². The lowest BCUT2D eigenvalue weighted by Gasteiger charge is -2.46. The van der Waals surface area contributed by atoms with E-state index in [9.17, 15) is 9.59 Å². The fourth-order valence-electron chi connectivity index (χ4n) is 1.91. The van der Waals surface area contributed by atoms with Crippen LogP contribution >= 0.6 is 0 Å². The molecular formula is C11H19NO5. The molecule has 0 aromatic rings. The fourth-order valence-corrected chi connectivity index (χ4v) is 1.91. The maximum absolute atomic E-state index is 11.7. The summed E-state index contributed by atoms with van der Waals surface area (Å²) in [5.41, 5.74) is 0. The van der Waals surface area contributed by atoms with Crippen molar-refractivity contribution in [3.8, 4) is 0 Å². The lowest BCUT2D eigenvalue weighted by molar-refractivity contribution is -0.197. The molecule has 0 bridgehead atoms. The Labute approximate surface area is 101 Å². The second kappa shape index (κ2) is 7.37. The number of unbranched alkanes of at least 4 members (excludes halogenated alkanes) is 1. The molecule has 0 aromatic carbocycles. The van der Waals surface area contributed by atoms with Crippen molar-refractivity contribution >= 4 is 12.2 Å². The van der Waals surface area contributed by atoms with Crippen molar-refractivity contribution in [1.29, 1.82) is 0 Å². The number of ether oxygens (including phenoxy) is 3. The van der Waals surface area contributed by atoms with E-state index in [4.69, 9.17) is 14.2 Å². The first-order chi connectivity index (χ1) is 8.26. The van der Waals surface area contributed by atoms with E-state index in [1.54, 1.807) is 12.0 Å². The monoisotopic (exact) mass is 245 g/mol. The molecule has 0 saturated carbocycles. The Hall–Kier alpha value is -0.980. The van der Waals surface area contributed by atoms with Gasteiger partial charge in [0.1, 0.15) is 19.8 Å². The number of carbonyl (C=O) groups excluding carboxylic acids is 2. The van der Waals surface area contributed by atoms with Crippen LogP contribution in [0.4, 0.5) is 0 Å². The van der Waals surface area contributed by atoms with E-state index < -0.39 is 6.10 Å². The summed E-state index contributed by atoms with van der Waals surface area (Å²) in [6, 6.07) is -0.0162. The molecular weight excluding hydrogens is 226 g/mol. The van der Waals surface area contributed by atoms with Gasteiger partial charge in [-0.1, -0.05) is 0 Å². The summed E-state index contributed by atoms with van der Waals surface area (Å²) >= 11 is 0. The molecule has 0 spiro atoms. The van der Waals surface area contributed by atoms with Gasteiger partial charge in [-0.25, -0.2) is 0 Å². The Kier molecular flexibility index (Phi) is 6.10. The Morgan fingerprint density at radius 3 is 2.71 bits per heavy atom. The van der Waals surface area contributed by atoms with Gasteiger partial charge in [0.25, 0.3) is 5.91 Å². The summed E-state index contributed by atoms with van der Waals surface area (Å²) in [7, 11) is 3.05. The van der Waals surface area contributed by atoms with Crippen molar-refractivity contribution < 1.29 is 23.8 Å². The van der Waals surface area contributed by atoms with Gasteiger partial charge < -0.3 is 23.9 Å². The van der Waals surface area contributed by atoms with E-state index >= 15 is 0 Å². The number of likely N-dealkylation sites (tertiary alicyclic amines) is 1. The molecule has 1 aliphatic heterocycles. The van der Waals surface area contributed by atoms with Crippen molar-refractivity contribution in [3.05, 3.63) is 0 Å². The molecule has 17 heavy (non-hydrogen) atoms. The zero-order valence-corrected chi connectivity index (χ0v) is 10.3. The molecule has 1 aliphatic rings. The summed E-state index contributed by atoms with van der Waals surface area (Å²) in [5.74, 6) is -0.0833. The molecule has 1 fully saturated rings. The Balaban J connectivity index is 2.44. The van der Waals surface area contributed by atoms with Gasteiger partial charge in [-0.2, -0.15) is 0 Å². The smallest absolute Gasteiger partial charge is 0.256 e. The number of carbonyl (C=O) groups is 2. The molecule has 1 unspecified atom stereocenters. The van der Waals surface area contributed by atoms with E-state index in [1.807, 2.05) is 0 Å². The Morgan fingerprint density at radius 2 is 2.12 bits per heavy atom. The quantitative estimate of drug-likeness (QED) is 0.250. The van der Waals surface area contributed by atoms with Gasteiger partial charge in [-0.15, -0.1) is 0 Å². The lowest BCUT2D eigenvalue weighted by atomic mass is 9.93. The number of rotatable bonds is 9. The van der Waals surface area contributed by atoms with Crippen LogP contribution in [-0.2, 0) is 23.8 Å². The fraction of sp³-hybridized carbons (Fsp3) is 0.818. The normalized spacial score (nSPS) is 23.6. The van der Waals surface area contributed by atoms with Crippen LogP contribution in [0.5, 0.6) is 0 Å². The molecule has 1 rings (SSSR count). The predicted molar refractivity (Wildman–Crippen MR) is 59.2 cm³/mol. The minimum atomic E-state index is -0.461. The third-order valence-electron chi connectivity index (χ3n) is 2.73. The maximum Gasteiger partial charge on any atom is 0.256 e. The summed E-state index contributed by atoms with van der Waals surface area (Å²) < 4.78 is 15.0. The first-order valence-electron chi connectivity index (χ1n) is 5.59. The number of methoxy groups -OCH3 is 2. The van der Waals surface area contributed by atoms with Gasteiger partial charge >= 0.3 is 0 Å². The maximum atomic E-state index is 11.7. The molecule has 6 nitrogen and oxygen atoms in total. The van der Waals surface area contributed by atoms with Crippen LogP contribution in [0.2, 0.25) is 0 Å². The third kappa shape index (κ3) is 3.49. The van der Waals surface area contributed by atoms with Gasteiger partial charge in [0.2, 0.25) is 0 Å². The van der Waals surface area contributed by atoms with Gasteiger partial charge in [0.05, 0.1) is 6.04 Å². The van der Waals surface area contributed by atoms with E-state index in [0.29, 0.717) is 6.42 Å².